The number of nitrogens with zero attached hydrogens (tertiary/aromatic N) is 3. The lowest BCUT2D eigenvalue weighted by Gasteiger charge is -2.30. The number of hydrogen-bond donors (Lipinski definition) is 1. The van der Waals surface area contributed by atoms with E-state index in [9.17, 15) is 4.79 Å². The van der Waals surface area contributed by atoms with Gasteiger partial charge in [0.2, 0.25) is 5.91 Å². The van der Waals surface area contributed by atoms with Gasteiger partial charge in [-0.25, -0.2) is 0 Å². The van der Waals surface area contributed by atoms with Crippen LogP contribution in [0.15, 0.2) is 29.8 Å². The Balaban J connectivity index is 1.38. The molecular formula is C19H26N4OS. The number of carbonyl (C=O) groups is 1. The van der Waals surface area contributed by atoms with Crippen molar-refractivity contribution in [3.05, 3.63) is 40.3 Å². The number of hydrogen-bond acceptors (Lipinski definition) is 4. The summed E-state index contributed by atoms with van der Waals surface area (Å²) >= 11 is 1.70. The fraction of sp³-hybridized carbons (Fsp3) is 0.579. The van der Waals surface area contributed by atoms with E-state index < -0.39 is 0 Å². The van der Waals surface area contributed by atoms with Crippen LogP contribution in [0.1, 0.15) is 36.3 Å². The first-order valence-corrected chi connectivity index (χ1v) is 10.0. The average molecular weight is 359 g/mol. The Labute approximate surface area is 153 Å². The highest BCUT2D eigenvalue weighted by Gasteiger charge is 2.50. The van der Waals surface area contributed by atoms with Crippen LogP contribution < -0.4 is 5.32 Å². The summed E-state index contributed by atoms with van der Waals surface area (Å²) in [4.78, 5) is 16.6. The Hall–Kier alpha value is -1.66. The molecule has 5 nitrogen and oxygen atoms in total. The van der Waals surface area contributed by atoms with E-state index in [1.807, 2.05) is 24.0 Å². The first-order chi connectivity index (χ1) is 12.2. The number of likely N-dealkylation sites (tertiary alicyclic amines) is 1. The van der Waals surface area contributed by atoms with Gasteiger partial charge in [0, 0.05) is 37.1 Å². The summed E-state index contributed by atoms with van der Waals surface area (Å²) in [5, 5.41) is 9.51. The van der Waals surface area contributed by atoms with Crippen molar-refractivity contribution in [2.75, 3.05) is 13.1 Å². The maximum absolute atomic E-state index is 12.8. The molecule has 25 heavy (non-hydrogen) atoms. The molecule has 1 aliphatic heterocycles. The number of thiophene rings is 1. The molecule has 0 aromatic carbocycles. The van der Waals surface area contributed by atoms with Crippen LogP contribution in [0, 0.1) is 11.3 Å². The van der Waals surface area contributed by atoms with Gasteiger partial charge in [-0.2, -0.15) is 5.10 Å². The molecule has 1 aliphatic carbocycles. The Morgan fingerprint density at radius 1 is 1.44 bits per heavy atom. The summed E-state index contributed by atoms with van der Waals surface area (Å²) in [7, 11) is 2.00. The zero-order valence-corrected chi connectivity index (χ0v) is 15.6. The summed E-state index contributed by atoms with van der Waals surface area (Å²) in [6.45, 7) is 3.72. The molecule has 134 valence electrons. The minimum Gasteiger partial charge on any atom is -0.351 e. The van der Waals surface area contributed by atoms with Gasteiger partial charge < -0.3 is 5.32 Å². The van der Waals surface area contributed by atoms with Crippen LogP contribution in [-0.4, -0.2) is 33.7 Å². The molecule has 1 saturated heterocycles. The van der Waals surface area contributed by atoms with E-state index in [2.05, 4.69) is 32.8 Å². The second kappa shape index (κ2) is 6.92. The third-order valence-electron chi connectivity index (χ3n) is 6.01. The van der Waals surface area contributed by atoms with Crippen molar-refractivity contribution in [2.24, 2.45) is 18.4 Å². The molecule has 3 heterocycles. The van der Waals surface area contributed by atoms with Gasteiger partial charge in [0.25, 0.3) is 0 Å². The van der Waals surface area contributed by atoms with Gasteiger partial charge in [-0.05, 0) is 48.7 Å². The molecule has 1 N–H and O–H groups in total. The van der Waals surface area contributed by atoms with Crippen LogP contribution in [0.25, 0.3) is 0 Å². The van der Waals surface area contributed by atoms with E-state index in [-0.39, 0.29) is 17.2 Å². The number of carbonyl (C=O) groups excluding carboxylic acids is 1. The van der Waals surface area contributed by atoms with Gasteiger partial charge in [-0.1, -0.05) is 12.5 Å². The van der Waals surface area contributed by atoms with Gasteiger partial charge in [-0.3, -0.25) is 14.4 Å². The lowest BCUT2D eigenvalue weighted by Crippen LogP contribution is -2.40. The largest absolute Gasteiger partial charge is 0.351 e. The predicted molar refractivity (Wildman–Crippen MR) is 99.0 cm³/mol. The normalized spacial score (nSPS) is 26.5. The molecule has 2 aliphatic rings. The zero-order valence-electron chi connectivity index (χ0n) is 14.8. The van der Waals surface area contributed by atoms with Crippen LogP contribution in [0.3, 0.4) is 0 Å². The summed E-state index contributed by atoms with van der Waals surface area (Å²) in [5.74, 6) is 0.428. The number of aryl methyl sites for hydroxylation is 1. The maximum atomic E-state index is 12.8. The second-order valence-electron chi connectivity index (χ2n) is 7.51. The molecule has 1 amide bonds. The molecule has 6 heteroatoms. The van der Waals surface area contributed by atoms with E-state index in [1.54, 1.807) is 11.3 Å². The second-order valence-corrected chi connectivity index (χ2v) is 8.54. The van der Waals surface area contributed by atoms with Crippen molar-refractivity contribution in [3.63, 3.8) is 0 Å². The molecule has 0 unspecified atom stereocenters. The lowest BCUT2D eigenvalue weighted by molar-refractivity contribution is -0.128. The summed E-state index contributed by atoms with van der Waals surface area (Å²) in [6, 6.07) is 6.21. The molecule has 0 radical (unpaired) electrons. The molecule has 1 spiro atoms. The Kier molecular flexibility index (Phi) is 4.65. The fourth-order valence-corrected chi connectivity index (χ4v) is 5.30. The first kappa shape index (κ1) is 16.8. The predicted octanol–water partition coefficient (Wildman–Crippen LogP) is 2.79. The van der Waals surface area contributed by atoms with Gasteiger partial charge in [0.15, 0.2) is 0 Å². The van der Waals surface area contributed by atoms with Crippen LogP contribution in [-0.2, 0) is 24.9 Å². The number of amides is 1. The molecule has 4 rings (SSSR count). The fourth-order valence-electron chi connectivity index (χ4n) is 4.65. The highest BCUT2D eigenvalue weighted by molar-refractivity contribution is 7.09. The minimum atomic E-state index is 0.170. The van der Waals surface area contributed by atoms with Crippen molar-refractivity contribution in [3.8, 4) is 0 Å². The topological polar surface area (TPSA) is 50.2 Å². The molecule has 2 fully saturated rings. The monoisotopic (exact) mass is 358 g/mol. The van der Waals surface area contributed by atoms with Gasteiger partial charge in [0.1, 0.15) is 0 Å². The number of aromatic nitrogens is 2. The molecule has 1 saturated carbocycles. The summed E-state index contributed by atoms with van der Waals surface area (Å²) < 4.78 is 1.95. The third-order valence-corrected chi connectivity index (χ3v) is 6.89. The van der Waals surface area contributed by atoms with Gasteiger partial charge in [0.05, 0.1) is 12.2 Å². The highest BCUT2D eigenvalue weighted by atomic mass is 32.1. The van der Waals surface area contributed by atoms with Crippen LogP contribution in [0.2, 0.25) is 0 Å². The maximum Gasteiger partial charge on any atom is 0.224 e. The summed E-state index contributed by atoms with van der Waals surface area (Å²) in [5.41, 5.74) is 1.42. The quantitative estimate of drug-likeness (QED) is 0.894. The summed E-state index contributed by atoms with van der Waals surface area (Å²) in [6.07, 6.45) is 6.40. The van der Waals surface area contributed by atoms with Gasteiger partial charge >= 0.3 is 0 Å². The smallest absolute Gasteiger partial charge is 0.224 e. The molecule has 0 bridgehead atoms. The average Bonchev–Trinajstić information content (AvgIpc) is 3.38. The Morgan fingerprint density at radius 3 is 3.12 bits per heavy atom. The lowest BCUT2D eigenvalue weighted by atomic mass is 9.76. The van der Waals surface area contributed by atoms with Crippen molar-refractivity contribution >= 4 is 17.2 Å². The van der Waals surface area contributed by atoms with Crippen molar-refractivity contribution in [1.29, 1.82) is 0 Å². The Morgan fingerprint density at radius 2 is 2.36 bits per heavy atom. The van der Waals surface area contributed by atoms with Crippen molar-refractivity contribution in [1.82, 2.24) is 20.0 Å². The molecule has 2 aromatic rings. The SMILES string of the molecule is Cn1nccc1CN1CC[C@@]2(CCC[C@@H]2C(=O)NCc2cccs2)C1. The zero-order chi connectivity index (χ0) is 17.3. The van der Waals surface area contributed by atoms with E-state index >= 15 is 0 Å². The molecular weight excluding hydrogens is 332 g/mol. The van der Waals surface area contributed by atoms with Gasteiger partial charge in [-0.15, -0.1) is 11.3 Å². The standard InChI is InChI=1S/C19H26N4OS/c1-22-15(6-9-21-22)13-23-10-8-19(14-23)7-2-5-17(19)18(24)20-12-16-4-3-11-25-16/h3-4,6,9,11,17H,2,5,7-8,10,12-14H2,1H3,(H,20,24)/t17-,19+/m1/s1. The van der Waals surface area contributed by atoms with E-state index in [0.717, 1.165) is 32.5 Å². The molecule has 2 atom stereocenters. The van der Waals surface area contributed by atoms with Crippen LogP contribution in [0.5, 0.6) is 0 Å². The van der Waals surface area contributed by atoms with E-state index in [0.29, 0.717) is 6.54 Å². The first-order valence-electron chi connectivity index (χ1n) is 9.16. The van der Waals surface area contributed by atoms with Crippen molar-refractivity contribution in [2.45, 2.75) is 38.8 Å². The van der Waals surface area contributed by atoms with E-state index in [4.69, 9.17) is 0 Å². The third kappa shape index (κ3) is 3.37. The van der Waals surface area contributed by atoms with E-state index in [1.165, 1.54) is 23.4 Å². The minimum absolute atomic E-state index is 0.170. The van der Waals surface area contributed by atoms with Crippen molar-refractivity contribution < 1.29 is 4.79 Å². The number of rotatable bonds is 5. The Bertz CT molecular complexity index is 726. The number of nitrogens with one attached hydrogen (secondary N) is 1. The molecule has 2 aromatic heterocycles. The van der Waals surface area contributed by atoms with Crippen LogP contribution >= 0.6 is 11.3 Å². The van der Waals surface area contributed by atoms with Crippen LogP contribution in [0.4, 0.5) is 0 Å². The highest BCUT2D eigenvalue weighted by Crippen LogP contribution is 2.50.